The van der Waals surface area contributed by atoms with Crippen LogP contribution < -0.4 is 48.0 Å². The molecule has 0 spiro atoms. The summed E-state index contributed by atoms with van der Waals surface area (Å²) >= 11 is 0. The monoisotopic (exact) mass is 746 g/mol. The Balaban J connectivity index is 0.000000214. The van der Waals surface area contributed by atoms with E-state index in [1.807, 2.05) is 11.8 Å². The quantitative estimate of drug-likeness (QED) is 0.302. The van der Waals surface area contributed by atoms with Crippen molar-refractivity contribution < 1.29 is 74.2 Å². The molecule has 2 atom stereocenters. The first kappa shape index (κ1) is 30.3. The molecule has 33 heavy (non-hydrogen) atoms. The van der Waals surface area contributed by atoms with Gasteiger partial charge in [-0.05, 0) is 24.7 Å². The predicted molar refractivity (Wildman–Crippen MR) is 129 cm³/mol. The Bertz CT molecular complexity index is 634. The fourth-order valence-electron chi connectivity index (χ4n) is 7.37. The first-order chi connectivity index (χ1) is 14.9. The summed E-state index contributed by atoms with van der Waals surface area (Å²) in [5.74, 6) is 7.41. The number of allylic oxidation sites excluding steroid dienone is 8. The number of fused-ring (bicyclic) bond motifs is 2. The van der Waals surface area contributed by atoms with E-state index in [0.717, 1.165) is 23.7 Å². The zero-order valence-electron chi connectivity index (χ0n) is 20.3. The summed E-state index contributed by atoms with van der Waals surface area (Å²) in [7, 11) is 0. The van der Waals surface area contributed by atoms with Crippen LogP contribution in [0, 0.1) is 35.5 Å². The molecule has 0 saturated heterocycles. The number of hydrogen-bond donors (Lipinski definition) is 0. The molecule has 4 saturated carbocycles. The summed E-state index contributed by atoms with van der Waals surface area (Å²) in [6.07, 6.45) is 37.1. The number of rotatable bonds is 2. The van der Waals surface area contributed by atoms with Crippen molar-refractivity contribution in [3.8, 4) is 0 Å². The van der Waals surface area contributed by atoms with Gasteiger partial charge in [0.2, 0.25) is 0 Å². The molecule has 0 aromatic carbocycles. The summed E-state index contributed by atoms with van der Waals surface area (Å²) in [6.45, 7) is 0. The molecule has 0 radical (unpaired) electrons. The summed E-state index contributed by atoms with van der Waals surface area (Å²) in [6, 6.07) is 0. The van der Waals surface area contributed by atoms with E-state index in [9.17, 15) is 0 Å². The van der Waals surface area contributed by atoms with Crippen LogP contribution in [0.4, 0.5) is 0 Å². The van der Waals surface area contributed by atoms with Crippen LogP contribution in [0.15, 0.2) is 47.6 Å². The van der Waals surface area contributed by atoms with Crippen molar-refractivity contribution in [2.24, 2.45) is 23.7 Å². The van der Waals surface area contributed by atoms with Crippen LogP contribution in [-0.4, -0.2) is 0 Å². The van der Waals surface area contributed by atoms with E-state index in [1.165, 1.54) is 103 Å². The fraction of sp³-hybridized carbons (Fsp3) is 0.667. The van der Waals surface area contributed by atoms with Gasteiger partial charge in [0.15, 0.2) is 0 Å². The molecular formula is C30H42I2Zr. The zero-order chi connectivity index (χ0) is 20.2. The average molecular weight is 748 g/mol. The van der Waals surface area contributed by atoms with Gasteiger partial charge in [0, 0.05) is 0 Å². The van der Waals surface area contributed by atoms with E-state index < -0.39 is 0 Å². The molecule has 0 bridgehead atoms. The average Bonchev–Trinajstić information content (AvgIpc) is 3.45. The molecule has 3 heteroatoms. The summed E-state index contributed by atoms with van der Waals surface area (Å²) in [5.41, 5.74) is 3.48. The molecule has 180 valence electrons. The summed E-state index contributed by atoms with van der Waals surface area (Å²) < 4.78 is 0. The topological polar surface area (TPSA) is 0 Å². The van der Waals surface area contributed by atoms with Crippen LogP contribution in [0.1, 0.15) is 103 Å². The number of hydrogen-bond acceptors (Lipinski definition) is 0. The smallest absolute Gasteiger partial charge is 1.00 e. The van der Waals surface area contributed by atoms with Gasteiger partial charge in [0.05, 0.1) is 0 Å². The van der Waals surface area contributed by atoms with E-state index in [-0.39, 0.29) is 74.2 Å². The van der Waals surface area contributed by atoms with E-state index in [4.69, 9.17) is 0 Å². The Morgan fingerprint density at radius 3 is 1.33 bits per heavy atom. The minimum atomic E-state index is 0. The molecule has 0 amide bonds. The third kappa shape index (κ3) is 7.53. The maximum Gasteiger partial charge on any atom is 4.00 e. The van der Waals surface area contributed by atoms with Crippen LogP contribution in [-0.2, 0) is 26.2 Å². The molecule has 2 unspecified atom stereocenters. The molecular weight excluding hydrogens is 705 g/mol. The molecule has 4 fully saturated rings. The molecule has 6 rings (SSSR count). The molecule has 0 aromatic rings. The van der Waals surface area contributed by atoms with Crippen molar-refractivity contribution in [1.29, 1.82) is 0 Å². The molecule has 0 aromatic heterocycles. The Hall–Kier alpha value is 1.04. The van der Waals surface area contributed by atoms with Gasteiger partial charge in [-0.2, -0.15) is 0 Å². The molecule has 6 aliphatic carbocycles. The molecule has 0 N–H and O–H groups in total. The maximum absolute atomic E-state index is 2.41. The van der Waals surface area contributed by atoms with Crippen molar-refractivity contribution in [2.75, 3.05) is 0 Å². The van der Waals surface area contributed by atoms with Crippen molar-refractivity contribution in [1.82, 2.24) is 0 Å². The molecule has 0 aliphatic heterocycles. The third-order valence-corrected chi connectivity index (χ3v) is 9.01. The van der Waals surface area contributed by atoms with Gasteiger partial charge >= 0.3 is 26.2 Å². The van der Waals surface area contributed by atoms with Crippen LogP contribution in [0.5, 0.6) is 0 Å². The Kier molecular flexibility index (Phi) is 14.1. The summed E-state index contributed by atoms with van der Waals surface area (Å²) in [5, 5.41) is 0. The van der Waals surface area contributed by atoms with E-state index >= 15 is 0 Å². The maximum atomic E-state index is 2.41. The van der Waals surface area contributed by atoms with Crippen molar-refractivity contribution in [2.45, 2.75) is 103 Å². The second-order valence-electron chi connectivity index (χ2n) is 10.8. The standard InChI is InChI=1S/2C15H21.2HI.Zr/c2*1-2-6-12(7-3-1)15-11-10-13-8-4-5-9-14(13)15;;;/h2*4-5,9,12-13H,1-3,6-8,10-11H2;2*1H;/q2*-1;;;+4/p-2. The van der Waals surface area contributed by atoms with Crippen molar-refractivity contribution in [3.63, 3.8) is 0 Å². The van der Waals surface area contributed by atoms with Gasteiger partial charge in [-0.25, -0.2) is 35.1 Å². The first-order valence-corrected chi connectivity index (χ1v) is 13.4. The van der Waals surface area contributed by atoms with Gasteiger partial charge < -0.3 is 48.0 Å². The molecule has 6 aliphatic rings. The first-order valence-electron chi connectivity index (χ1n) is 13.4. The van der Waals surface area contributed by atoms with Crippen LogP contribution >= 0.6 is 0 Å². The van der Waals surface area contributed by atoms with Crippen molar-refractivity contribution in [3.05, 3.63) is 59.4 Å². The van der Waals surface area contributed by atoms with Crippen LogP contribution in [0.25, 0.3) is 0 Å². The van der Waals surface area contributed by atoms with Crippen molar-refractivity contribution >= 4 is 0 Å². The SMILES string of the molecule is C1=CCC2CC[C-](C3CCCCC3)C2=C1.C1=CCC2CC[C-](C3CCCCC3)C2=C1.[I-].[I-].[Zr+4]. The van der Waals surface area contributed by atoms with E-state index in [0.29, 0.717) is 0 Å². The van der Waals surface area contributed by atoms with Gasteiger partial charge in [0.1, 0.15) is 0 Å². The number of halogens is 2. The van der Waals surface area contributed by atoms with Gasteiger partial charge in [-0.3, -0.25) is 0 Å². The normalized spacial score (nSPS) is 28.7. The fourth-order valence-corrected chi connectivity index (χ4v) is 7.37. The minimum absolute atomic E-state index is 0. The van der Waals surface area contributed by atoms with Gasteiger partial charge in [0.25, 0.3) is 0 Å². The Morgan fingerprint density at radius 1 is 0.545 bits per heavy atom. The Morgan fingerprint density at radius 2 is 0.939 bits per heavy atom. The van der Waals surface area contributed by atoms with E-state index in [1.54, 1.807) is 11.1 Å². The summed E-state index contributed by atoms with van der Waals surface area (Å²) in [4.78, 5) is 0. The van der Waals surface area contributed by atoms with E-state index in [2.05, 4.69) is 36.5 Å². The van der Waals surface area contributed by atoms with Gasteiger partial charge in [-0.1, -0.05) is 102 Å². The molecule has 0 heterocycles. The Labute approximate surface area is 257 Å². The third-order valence-electron chi connectivity index (χ3n) is 9.01. The second kappa shape index (κ2) is 15.3. The van der Waals surface area contributed by atoms with Crippen LogP contribution in [0.2, 0.25) is 0 Å². The van der Waals surface area contributed by atoms with Gasteiger partial charge in [-0.15, -0.1) is 24.3 Å². The molecule has 0 nitrogen and oxygen atoms in total. The zero-order valence-corrected chi connectivity index (χ0v) is 27.1. The predicted octanol–water partition coefficient (Wildman–Crippen LogP) is 2.88. The minimum Gasteiger partial charge on any atom is -1.00 e. The second-order valence-corrected chi connectivity index (χ2v) is 10.8. The largest absolute Gasteiger partial charge is 4.00 e. The van der Waals surface area contributed by atoms with Crippen LogP contribution in [0.3, 0.4) is 0 Å².